The summed E-state index contributed by atoms with van der Waals surface area (Å²) in [5.41, 5.74) is 0.672. The van der Waals surface area contributed by atoms with Gasteiger partial charge in [-0.15, -0.1) is 0 Å². The van der Waals surface area contributed by atoms with E-state index in [0.29, 0.717) is 6.42 Å². The molecule has 1 aliphatic carbocycles. The first-order chi connectivity index (χ1) is 9.01. The largest absolute Gasteiger partial charge is 0.481 e. The molecule has 3 nitrogen and oxygen atoms in total. The highest BCUT2D eigenvalue weighted by atomic mass is 127. The predicted octanol–water partition coefficient (Wildman–Crippen LogP) is 3.75. The van der Waals surface area contributed by atoms with Gasteiger partial charge in [0, 0.05) is 3.57 Å². The third-order valence-electron chi connectivity index (χ3n) is 4.07. The van der Waals surface area contributed by atoms with Crippen LogP contribution in [0.2, 0.25) is 0 Å². The van der Waals surface area contributed by atoms with Gasteiger partial charge in [-0.3, -0.25) is 4.79 Å². The van der Waals surface area contributed by atoms with Crippen LogP contribution in [0.3, 0.4) is 0 Å². The molecule has 1 fully saturated rings. The lowest BCUT2D eigenvalue weighted by Crippen LogP contribution is -2.23. The van der Waals surface area contributed by atoms with E-state index in [1.54, 1.807) is 0 Å². The molecule has 1 saturated carbocycles. The van der Waals surface area contributed by atoms with Gasteiger partial charge in [0.05, 0.1) is 12.5 Å². The summed E-state index contributed by atoms with van der Waals surface area (Å²) in [5, 5.41) is 19.4. The molecule has 0 radical (unpaired) electrons. The minimum Gasteiger partial charge on any atom is -0.481 e. The van der Waals surface area contributed by atoms with Crippen molar-refractivity contribution in [1.82, 2.24) is 0 Å². The van der Waals surface area contributed by atoms with E-state index in [0.717, 1.165) is 34.8 Å². The van der Waals surface area contributed by atoms with Gasteiger partial charge in [0.1, 0.15) is 0 Å². The summed E-state index contributed by atoms with van der Waals surface area (Å²) in [5.74, 6) is -0.753. The van der Waals surface area contributed by atoms with E-state index in [1.165, 1.54) is 0 Å². The van der Waals surface area contributed by atoms with Gasteiger partial charge in [0.2, 0.25) is 0 Å². The first-order valence-corrected chi connectivity index (χ1v) is 7.74. The summed E-state index contributed by atoms with van der Waals surface area (Å²) in [6.07, 6.45) is 4.16. The number of aliphatic hydroxyl groups is 1. The summed E-state index contributed by atoms with van der Waals surface area (Å²) in [6.45, 7) is 0. The fraction of sp³-hybridized carbons (Fsp3) is 0.533. The molecule has 0 heterocycles. The lowest BCUT2D eigenvalue weighted by molar-refractivity contribution is -0.140. The summed E-state index contributed by atoms with van der Waals surface area (Å²) < 4.78 is 1.13. The lowest BCUT2D eigenvalue weighted by atomic mass is 9.76. The summed E-state index contributed by atoms with van der Waals surface area (Å²) in [4.78, 5) is 11.0. The molecule has 1 aliphatic rings. The third-order valence-corrected chi connectivity index (χ3v) is 4.79. The van der Waals surface area contributed by atoms with Crippen molar-refractivity contribution in [3.05, 3.63) is 33.4 Å². The normalized spacial score (nSPS) is 19.3. The number of aliphatic hydroxyl groups excluding tert-OH is 1. The topological polar surface area (TPSA) is 57.5 Å². The summed E-state index contributed by atoms with van der Waals surface area (Å²) in [6, 6.07) is 7.79. The van der Waals surface area contributed by atoms with E-state index in [-0.39, 0.29) is 11.8 Å². The van der Waals surface area contributed by atoms with Crippen LogP contribution in [0.5, 0.6) is 0 Å². The van der Waals surface area contributed by atoms with E-state index in [9.17, 15) is 9.90 Å². The Morgan fingerprint density at radius 1 is 1.26 bits per heavy atom. The average molecular weight is 374 g/mol. The fourth-order valence-corrected chi connectivity index (χ4v) is 3.47. The van der Waals surface area contributed by atoms with Crippen LogP contribution in [-0.4, -0.2) is 16.2 Å². The molecule has 19 heavy (non-hydrogen) atoms. The van der Waals surface area contributed by atoms with Crippen LogP contribution >= 0.6 is 22.6 Å². The molecule has 1 unspecified atom stereocenters. The Labute approximate surface area is 127 Å². The van der Waals surface area contributed by atoms with Crippen LogP contribution in [0.4, 0.5) is 0 Å². The van der Waals surface area contributed by atoms with Crippen molar-refractivity contribution in [3.63, 3.8) is 0 Å². The molecular weight excluding hydrogens is 355 g/mol. The van der Waals surface area contributed by atoms with E-state index in [4.69, 9.17) is 5.11 Å². The molecule has 0 aromatic heterocycles. The molecular formula is C15H19IO3. The first kappa shape index (κ1) is 14.8. The molecule has 2 N–H and O–H groups in total. The number of halogens is 1. The van der Waals surface area contributed by atoms with Crippen LogP contribution in [0, 0.1) is 8.99 Å². The van der Waals surface area contributed by atoms with Crippen LogP contribution < -0.4 is 0 Å². The molecule has 0 spiro atoms. The van der Waals surface area contributed by atoms with Crippen molar-refractivity contribution >= 4 is 28.6 Å². The number of carbonyl (C=O) groups is 1. The molecule has 1 atom stereocenters. The summed E-state index contributed by atoms with van der Waals surface area (Å²) in [7, 11) is 0. The molecule has 4 heteroatoms. The molecule has 0 amide bonds. The van der Waals surface area contributed by atoms with E-state index < -0.39 is 12.1 Å². The van der Waals surface area contributed by atoms with Crippen molar-refractivity contribution < 1.29 is 15.0 Å². The highest BCUT2D eigenvalue weighted by Gasteiger charge is 2.37. The fourth-order valence-electron chi connectivity index (χ4n) is 3.11. The Morgan fingerprint density at radius 2 is 1.84 bits per heavy atom. The smallest absolute Gasteiger partial charge is 0.303 e. The number of hydrogen-bond acceptors (Lipinski definition) is 2. The third kappa shape index (κ3) is 3.92. The highest BCUT2D eigenvalue weighted by molar-refractivity contribution is 14.1. The van der Waals surface area contributed by atoms with Gasteiger partial charge < -0.3 is 10.2 Å². The summed E-state index contributed by atoms with van der Waals surface area (Å²) >= 11 is 2.23. The molecule has 0 bridgehead atoms. The Kier molecular flexibility index (Phi) is 4.84. The maximum Gasteiger partial charge on any atom is 0.303 e. The number of carboxylic acids is 1. The zero-order valence-electron chi connectivity index (χ0n) is 10.8. The Morgan fingerprint density at radius 3 is 2.37 bits per heavy atom. The van der Waals surface area contributed by atoms with Gasteiger partial charge >= 0.3 is 5.97 Å². The molecule has 2 rings (SSSR count). The van der Waals surface area contributed by atoms with E-state index in [2.05, 4.69) is 22.6 Å². The van der Waals surface area contributed by atoms with Gasteiger partial charge in [-0.2, -0.15) is 0 Å². The minimum atomic E-state index is -0.753. The maximum absolute atomic E-state index is 11.0. The van der Waals surface area contributed by atoms with Gasteiger partial charge in [0.25, 0.3) is 0 Å². The van der Waals surface area contributed by atoms with Crippen LogP contribution in [-0.2, 0) is 4.79 Å². The predicted molar refractivity (Wildman–Crippen MR) is 81.9 cm³/mol. The van der Waals surface area contributed by atoms with Gasteiger partial charge in [-0.25, -0.2) is 0 Å². The molecule has 1 aromatic carbocycles. The van der Waals surface area contributed by atoms with Crippen molar-refractivity contribution in [1.29, 1.82) is 0 Å². The van der Waals surface area contributed by atoms with Crippen molar-refractivity contribution in [2.75, 3.05) is 0 Å². The molecule has 1 aromatic rings. The highest BCUT2D eigenvalue weighted by Crippen LogP contribution is 2.47. The van der Waals surface area contributed by atoms with Gasteiger partial charge in [0.15, 0.2) is 0 Å². The second-order valence-corrected chi connectivity index (χ2v) is 6.79. The zero-order chi connectivity index (χ0) is 13.9. The number of aliphatic carboxylic acids is 1. The number of rotatable bonds is 5. The molecule has 104 valence electrons. The molecule has 0 aliphatic heterocycles. The van der Waals surface area contributed by atoms with Crippen LogP contribution in [0.1, 0.15) is 50.2 Å². The van der Waals surface area contributed by atoms with Crippen molar-refractivity contribution in [2.45, 2.75) is 44.6 Å². The standard InChI is InChI=1S/C15H19IO3/c16-12-5-3-11(4-6-12)13(17)9-15(10-14(18)19)7-1-2-8-15/h3-6,13,17H,1-2,7-10H2,(H,18,19). The first-order valence-electron chi connectivity index (χ1n) is 6.66. The van der Waals surface area contributed by atoms with Gasteiger partial charge in [-0.1, -0.05) is 25.0 Å². The SMILES string of the molecule is O=C(O)CC1(CC(O)c2ccc(I)cc2)CCCC1. The lowest BCUT2D eigenvalue weighted by Gasteiger charge is -2.29. The molecule has 0 saturated heterocycles. The Bertz CT molecular complexity index is 435. The number of carboxylic acid groups (broad SMARTS) is 1. The van der Waals surface area contributed by atoms with Crippen LogP contribution in [0.25, 0.3) is 0 Å². The Balaban J connectivity index is 2.08. The van der Waals surface area contributed by atoms with E-state index in [1.807, 2.05) is 24.3 Å². The quantitative estimate of drug-likeness (QED) is 0.772. The zero-order valence-corrected chi connectivity index (χ0v) is 13.0. The Hall–Kier alpha value is -0.620. The second kappa shape index (κ2) is 6.22. The van der Waals surface area contributed by atoms with Crippen molar-refractivity contribution in [2.24, 2.45) is 5.41 Å². The monoisotopic (exact) mass is 374 g/mol. The maximum atomic E-state index is 11.0. The van der Waals surface area contributed by atoms with Crippen molar-refractivity contribution in [3.8, 4) is 0 Å². The minimum absolute atomic E-state index is 0.175. The van der Waals surface area contributed by atoms with Crippen LogP contribution in [0.15, 0.2) is 24.3 Å². The number of benzene rings is 1. The second-order valence-electron chi connectivity index (χ2n) is 5.55. The average Bonchev–Trinajstić information content (AvgIpc) is 2.77. The van der Waals surface area contributed by atoms with Gasteiger partial charge in [-0.05, 0) is 65.0 Å². The number of hydrogen-bond donors (Lipinski definition) is 2. The van der Waals surface area contributed by atoms with E-state index >= 15 is 0 Å².